The summed E-state index contributed by atoms with van der Waals surface area (Å²) in [4.78, 5) is 24.5. The van der Waals surface area contributed by atoms with Gasteiger partial charge in [-0.05, 0) is 44.9 Å². The Bertz CT molecular complexity index is 1020. The van der Waals surface area contributed by atoms with E-state index in [1.165, 1.54) is 276 Å². The third-order valence-electron chi connectivity index (χ3n) is 14.0. The van der Waals surface area contributed by atoms with E-state index < -0.39 is 6.10 Å². The summed E-state index contributed by atoms with van der Waals surface area (Å²) in [5.41, 5.74) is 0. The molecule has 0 bridgehead atoms. The summed E-state index contributed by atoms with van der Waals surface area (Å²) in [6.45, 7) is 4.19. The predicted octanol–water partition coefficient (Wildman–Crippen LogP) is 20.5. The summed E-state index contributed by atoms with van der Waals surface area (Å²) in [5.74, 6) is -0.567. The Hall–Kier alpha value is -1.62. The minimum Gasteiger partial charge on any atom is -0.462 e. The molecule has 0 aromatic heterocycles. The van der Waals surface area contributed by atoms with Crippen molar-refractivity contribution in [1.82, 2.24) is 0 Å². The first-order valence-electron chi connectivity index (χ1n) is 30.4. The van der Waals surface area contributed by atoms with E-state index in [9.17, 15) is 14.7 Å². The van der Waals surface area contributed by atoms with Crippen LogP contribution in [-0.2, 0) is 19.1 Å². The fraction of sp³-hybridized carbons (Fsp3) is 0.903. The molecule has 0 radical (unpaired) electrons. The van der Waals surface area contributed by atoms with Crippen molar-refractivity contribution < 1.29 is 24.2 Å². The number of esters is 2. The lowest BCUT2D eigenvalue weighted by Gasteiger charge is -2.15. The maximum absolute atomic E-state index is 12.3. The highest BCUT2D eigenvalue weighted by atomic mass is 16.6. The van der Waals surface area contributed by atoms with E-state index in [4.69, 9.17) is 9.47 Å². The number of hydrogen-bond donors (Lipinski definition) is 1. The molecule has 0 rings (SSSR count). The minimum atomic E-state index is -0.767. The number of carbonyl (C=O) groups excluding carboxylic acids is 2. The molecule has 0 amide bonds. The predicted molar refractivity (Wildman–Crippen MR) is 293 cm³/mol. The van der Waals surface area contributed by atoms with Crippen molar-refractivity contribution in [2.24, 2.45) is 0 Å². The van der Waals surface area contributed by atoms with Crippen molar-refractivity contribution in [2.75, 3.05) is 13.2 Å². The van der Waals surface area contributed by atoms with Crippen LogP contribution in [0.25, 0.3) is 0 Å². The van der Waals surface area contributed by atoms with E-state index in [-0.39, 0.29) is 25.2 Å². The number of aliphatic hydroxyl groups is 1. The van der Waals surface area contributed by atoms with Crippen LogP contribution in [0.3, 0.4) is 0 Å². The maximum atomic E-state index is 12.3. The molecule has 5 nitrogen and oxygen atoms in total. The lowest BCUT2D eigenvalue weighted by atomic mass is 10.0. The van der Waals surface area contributed by atoms with Crippen LogP contribution in [0, 0.1) is 0 Å². The SMILES string of the molecule is CCCCCCC/C=C\C/C=C\CCCCCCCCCCCCCCCCCCCCCCCC(=O)OC(CO)COC(=O)CCCCCCCCCCCCCCCCCCCCCC. The Morgan fingerprint density at radius 2 is 0.597 bits per heavy atom. The molecule has 0 aliphatic carbocycles. The second-order valence-corrected chi connectivity index (χ2v) is 20.8. The lowest BCUT2D eigenvalue weighted by Crippen LogP contribution is -2.28. The van der Waals surface area contributed by atoms with E-state index in [2.05, 4.69) is 38.2 Å². The van der Waals surface area contributed by atoms with Gasteiger partial charge in [-0.1, -0.05) is 308 Å². The lowest BCUT2D eigenvalue weighted by molar-refractivity contribution is -0.161. The number of ether oxygens (including phenoxy) is 2. The smallest absolute Gasteiger partial charge is 0.306 e. The quantitative estimate of drug-likeness (QED) is 0.0374. The van der Waals surface area contributed by atoms with Crippen molar-refractivity contribution in [2.45, 2.75) is 347 Å². The molecule has 0 heterocycles. The van der Waals surface area contributed by atoms with E-state index in [1.54, 1.807) is 0 Å². The number of aliphatic hydroxyl groups excluding tert-OH is 1. The van der Waals surface area contributed by atoms with Gasteiger partial charge in [0.25, 0.3) is 0 Å². The van der Waals surface area contributed by atoms with Crippen molar-refractivity contribution in [3.05, 3.63) is 24.3 Å². The molecule has 0 aliphatic rings. The van der Waals surface area contributed by atoms with Crippen molar-refractivity contribution in [1.29, 1.82) is 0 Å². The van der Waals surface area contributed by atoms with Crippen LogP contribution < -0.4 is 0 Å². The summed E-state index contributed by atoms with van der Waals surface area (Å²) < 4.78 is 10.7. The first kappa shape index (κ1) is 65.4. The molecule has 1 unspecified atom stereocenters. The monoisotopic (exact) mass is 943 g/mol. The Kier molecular flexibility index (Phi) is 57.3. The van der Waals surface area contributed by atoms with E-state index in [0.29, 0.717) is 12.8 Å². The zero-order valence-electron chi connectivity index (χ0n) is 45.4. The topological polar surface area (TPSA) is 72.8 Å². The highest BCUT2D eigenvalue weighted by molar-refractivity contribution is 5.70. The first-order chi connectivity index (χ1) is 33.1. The van der Waals surface area contributed by atoms with Gasteiger partial charge < -0.3 is 14.6 Å². The molecule has 5 heteroatoms. The molecule has 396 valence electrons. The average Bonchev–Trinajstić information content (AvgIpc) is 3.33. The second-order valence-electron chi connectivity index (χ2n) is 20.8. The summed E-state index contributed by atoms with van der Waals surface area (Å²) in [7, 11) is 0. The third-order valence-corrected chi connectivity index (χ3v) is 14.0. The molecular formula is C62H118O5. The van der Waals surface area contributed by atoms with E-state index >= 15 is 0 Å². The van der Waals surface area contributed by atoms with Gasteiger partial charge in [0.05, 0.1) is 6.61 Å². The van der Waals surface area contributed by atoms with Crippen molar-refractivity contribution >= 4 is 11.9 Å². The van der Waals surface area contributed by atoms with Crippen molar-refractivity contribution in [3.63, 3.8) is 0 Å². The normalized spacial score (nSPS) is 12.2. The van der Waals surface area contributed by atoms with Crippen molar-refractivity contribution in [3.8, 4) is 0 Å². The van der Waals surface area contributed by atoms with Crippen LogP contribution >= 0.6 is 0 Å². The maximum Gasteiger partial charge on any atom is 0.306 e. The van der Waals surface area contributed by atoms with Crippen LogP contribution in [-0.4, -0.2) is 36.4 Å². The fourth-order valence-corrected chi connectivity index (χ4v) is 9.41. The van der Waals surface area contributed by atoms with Gasteiger partial charge in [-0.3, -0.25) is 9.59 Å². The van der Waals surface area contributed by atoms with Gasteiger partial charge in [-0.15, -0.1) is 0 Å². The summed E-state index contributed by atoms with van der Waals surface area (Å²) in [5, 5.41) is 9.66. The van der Waals surface area contributed by atoms with Crippen LogP contribution in [0.1, 0.15) is 341 Å². The molecule has 0 saturated carbocycles. The molecule has 0 aromatic rings. The molecule has 1 atom stereocenters. The van der Waals surface area contributed by atoms with Crippen LogP contribution in [0.5, 0.6) is 0 Å². The summed E-state index contributed by atoms with van der Waals surface area (Å²) in [6.07, 6.45) is 74.6. The van der Waals surface area contributed by atoms with Gasteiger partial charge in [0.2, 0.25) is 0 Å². The molecule has 0 aromatic carbocycles. The van der Waals surface area contributed by atoms with Gasteiger partial charge in [0.15, 0.2) is 6.10 Å². The zero-order valence-corrected chi connectivity index (χ0v) is 45.4. The fourth-order valence-electron chi connectivity index (χ4n) is 9.41. The number of hydrogen-bond acceptors (Lipinski definition) is 5. The summed E-state index contributed by atoms with van der Waals surface area (Å²) in [6, 6.07) is 0. The van der Waals surface area contributed by atoms with E-state index in [1.807, 2.05) is 0 Å². The average molecular weight is 944 g/mol. The van der Waals surface area contributed by atoms with Crippen LogP contribution in [0.2, 0.25) is 0 Å². The largest absolute Gasteiger partial charge is 0.462 e. The minimum absolute atomic E-state index is 0.0579. The van der Waals surface area contributed by atoms with Gasteiger partial charge >= 0.3 is 11.9 Å². The molecule has 67 heavy (non-hydrogen) atoms. The number of allylic oxidation sites excluding steroid dienone is 4. The Balaban J connectivity index is 3.39. The number of unbranched alkanes of at least 4 members (excludes halogenated alkanes) is 45. The summed E-state index contributed by atoms with van der Waals surface area (Å²) >= 11 is 0. The molecule has 0 fully saturated rings. The Labute approximate surface area is 419 Å². The second kappa shape index (κ2) is 58.7. The Morgan fingerprint density at radius 1 is 0.343 bits per heavy atom. The third kappa shape index (κ3) is 56.9. The van der Waals surface area contributed by atoms with Gasteiger partial charge in [-0.25, -0.2) is 0 Å². The standard InChI is InChI=1S/C62H118O5/c1-3-5-7-9-11-13-15-17-19-21-23-25-26-27-28-29-30-31-32-33-34-35-36-37-39-41-43-45-47-49-51-53-55-57-62(65)67-60(58-63)59-66-61(64)56-54-52-50-48-46-44-42-40-38-24-22-20-18-16-14-12-10-8-6-4-2/h15,17,21,23,60,63H,3-14,16,18-20,22,24-59H2,1-2H3/b17-15-,23-21-. The first-order valence-corrected chi connectivity index (χ1v) is 30.4. The van der Waals surface area contributed by atoms with Crippen LogP contribution in [0.4, 0.5) is 0 Å². The molecule has 0 aliphatic heterocycles. The molecule has 0 spiro atoms. The highest BCUT2D eigenvalue weighted by Gasteiger charge is 2.16. The van der Waals surface area contributed by atoms with Gasteiger partial charge in [0, 0.05) is 12.8 Å². The number of carbonyl (C=O) groups is 2. The molecule has 0 saturated heterocycles. The van der Waals surface area contributed by atoms with Crippen LogP contribution in [0.15, 0.2) is 24.3 Å². The molecule has 1 N–H and O–H groups in total. The van der Waals surface area contributed by atoms with Gasteiger partial charge in [-0.2, -0.15) is 0 Å². The van der Waals surface area contributed by atoms with Gasteiger partial charge in [0.1, 0.15) is 6.61 Å². The Morgan fingerprint density at radius 3 is 0.881 bits per heavy atom. The zero-order chi connectivity index (χ0) is 48.5. The molecular weight excluding hydrogens is 825 g/mol. The van der Waals surface area contributed by atoms with E-state index in [0.717, 1.165) is 38.5 Å². The highest BCUT2D eigenvalue weighted by Crippen LogP contribution is 2.18. The number of rotatable bonds is 57.